The summed E-state index contributed by atoms with van der Waals surface area (Å²) in [6.07, 6.45) is 5.53. The Hall–Kier alpha value is -1.62. The Balaban J connectivity index is 2.15. The van der Waals surface area contributed by atoms with Crippen LogP contribution in [-0.4, -0.2) is 28.8 Å². The minimum atomic E-state index is -0.549. The zero-order chi connectivity index (χ0) is 14.5. The van der Waals surface area contributed by atoms with Crippen LogP contribution in [0.1, 0.15) is 42.5 Å². The summed E-state index contributed by atoms with van der Waals surface area (Å²) in [5, 5.41) is 10.7. The Bertz CT molecular complexity index is 511. The SMILES string of the molecule is O=C(c1ccc([N+](=O)[O-])c(Cl)c1)N1CCCCCCC1. The number of nitro benzene ring substituents is 1. The lowest BCUT2D eigenvalue weighted by Crippen LogP contribution is -2.33. The highest BCUT2D eigenvalue weighted by atomic mass is 35.5. The van der Waals surface area contributed by atoms with Gasteiger partial charge in [0, 0.05) is 24.7 Å². The number of benzene rings is 1. The van der Waals surface area contributed by atoms with Crippen LogP contribution in [0.5, 0.6) is 0 Å². The first kappa shape index (κ1) is 14.8. The standard InChI is InChI=1S/C14H17ClN2O3/c15-12-10-11(6-7-13(12)17(19)20)14(18)16-8-4-2-1-3-5-9-16/h6-7,10H,1-5,8-9H2. The first-order valence-corrected chi connectivity index (χ1v) is 7.20. The predicted molar refractivity (Wildman–Crippen MR) is 77.1 cm³/mol. The molecular formula is C14H17ClN2O3. The number of hydrogen-bond donors (Lipinski definition) is 0. The van der Waals surface area contributed by atoms with E-state index in [-0.39, 0.29) is 16.6 Å². The van der Waals surface area contributed by atoms with E-state index < -0.39 is 4.92 Å². The number of halogens is 1. The monoisotopic (exact) mass is 296 g/mol. The number of carbonyl (C=O) groups is 1. The van der Waals surface area contributed by atoms with Gasteiger partial charge in [0.15, 0.2) is 0 Å². The van der Waals surface area contributed by atoms with Crippen LogP contribution in [0.15, 0.2) is 18.2 Å². The van der Waals surface area contributed by atoms with Crippen LogP contribution >= 0.6 is 11.6 Å². The lowest BCUT2D eigenvalue weighted by atomic mass is 10.1. The van der Waals surface area contributed by atoms with Crippen molar-refractivity contribution in [3.63, 3.8) is 0 Å². The van der Waals surface area contributed by atoms with Gasteiger partial charge in [-0.15, -0.1) is 0 Å². The van der Waals surface area contributed by atoms with Gasteiger partial charge < -0.3 is 4.90 Å². The van der Waals surface area contributed by atoms with Crippen LogP contribution in [0.3, 0.4) is 0 Å². The maximum Gasteiger partial charge on any atom is 0.287 e. The topological polar surface area (TPSA) is 63.4 Å². The van der Waals surface area contributed by atoms with Crippen molar-refractivity contribution < 1.29 is 9.72 Å². The van der Waals surface area contributed by atoms with E-state index in [9.17, 15) is 14.9 Å². The molecule has 6 heteroatoms. The highest BCUT2D eigenvalue weighted by Gasteiger charge is 2.20. The van der Waals surface area contributed by atoms with Crippen molar-refractivity contribution >= 4 is 23.2 Å². The Labute approximate surface area is 122 Å². The van der Waals surface area contributed by atoms with Gasteiger partial charge in [-0.1, -0.05) is 30.9 Å². The molecule has 0 saturated carbocycles. The summed E-state index contributed by atoms with van der Waals surface area (Å²) in [6.45, 7) is 1.49. The molecule has 2 rings (SSSR count). The van der Waals surface area contributed by atoms with Crippen LogP contribution in [0.2, 0.25) is 5.02 Å². The first-order valence-electron chi connectivity index (χ1n) is 6.83. The van der Waals surface area contributed by atoms with Crippen LogP contribution in [-0.2, 0) is 0 Å². The van der Waals surface area contributed by atoms with Crippen molar-refractivity contribution in [1.82, 2.24) is 4.90 Å². The molecule has 1 aliphatic heterocycles. The molecule has 0 aliphatic carbocycles. The van der Waals surface area contributed by atoms with E-state index >= 15 is 0 Å². The summed E-state index contributed by atoms with van der Waals surface area (Å²) >= 11 is 5.85. The molecule has 1 aliphatic rings. The summed E-state index contributed by atoms with van der Waals surface area (Å²) in [5.74, 6) is -0.0938. The molecular weight excluding hydrogens is 280 g/mol. The van der Waals surface area contributed by atoms with Crippen molar-refractivity contribution in [2.45, 2.75) is 32.1 Å². The van der Waals surface area contributed by atoms with E-state index in [0.29, 0.717) is 5.56 Å². The average Bonchev–Trinajstić information content (AvgIpc) is 2.37. The van der Waals surface area contributed by atoms with Crippen molar-refractivity contribution in [2.75, 3.05) is 13.1 Å². The average molecular weight is 297 g/mol. The second-order valence-corrected chi connectivity index (χ2v) is 5.39. The third-order valence-corrected chi connectivity index (χ3v) is 3.84. The van der Waals surface area contributed by atoms with Gasteiger partial charge in [0.2, 0.25) is 0 Å². The van der Waals surface area contributed by atoms with Gasteiger partial charge in [0.05, 0.1) is 4.92 Å². The quantitative estimate of drug-likeness (QED) is 0.618. The Morgan fingerprint density at radius 2 is 1.75 bits per heavy atom. The molecule has 1 saturated heterocycles. The number of nitrogens with zero attached hydrogens (tertiary/aromatic N) is 2. The predicted octanol–water partition coefficient (Wildman–Crippen LogP) is 3.65. The molecule has 0 atom stereocenters. The zero-order valence-corrected chi connectivity index (χ0v) is 11.9. The van der Waals surface area contributed by atoms with Gasteiger partial charge in [-0.2, -0.15) is 0 Å². The summed E-state index contributed by atoms with van der Waals surface area (Å²) in [7, 11) is 0. The van der Waals surface area contributed by atoms with Gasteiger partial charge in [-0.25, -0.2) is 0 Å². The number of rotatable bonds is 2. The molecule has 5 nitrogen and oxygen atoms in total. The van der Waals surface area contributed by atoms with Crippen LogP contribution in [0.25, 0.3) is 0 Å². The van der Waals surface area contributed by atoms with Gasteiger partial charge >= 0.3 is 0 Å². The number of amides is 1. The summed E-state index contributed by atoms with van der Waals surface area (Å²) in [4.78, 5) is 24.4. The Morgan fingerprint density at radius 1 is 1.15 bits per heavy atom. The van der Waals surface area contributed by atoms with E-state index in [0.717, 1.165) is 38.8 Å². The molecule has 0 N–H and O–H groups in total. The Kier molecular flexibility index (Phi) is 4.95. The van der Waals surface area contributed by atoms with Gasteiger partial charge in [0.1, 0.15) is 5.02 Å². The summed E-state index contributed by atoms with van der Waals surface area (Å²) < 4.78 is 0. The Morgan fingerprint density at radius 3 is 2.30 bits per heavy atom. The maximum atomic E-state index is 12.4. The number of likely N-dealkylation sites (tertiary alicyclic amines) is 1. The minimum Gasteiger partial charge on any atom is -0.339 e. The summed E-state index contributed by atoms with van der Waals surface area (Å²) in [6, 6.07) is 4.16. The van der Waals surface area contributed by atoms with E-state index in [1.807, 2.05) is 4.90 Å². The fourth-order valence-electron chi connectivity index (χ4n) is 2.42. The van der Waals surface area contributed by atoms with E-state index in [1.54, 1.807) is 0 Å². The lowest BCUT2D eigenvalue weighted by Gasteiger charge is -2.24. The third-order valence-electron chi connectivity index (χ3n) is 3.53. The largest absolute Gasteiger partial charge is 0.339 e. The van der Waals surface area contributed by atoms with Crippen LogP contribution < -0.4 is 0 Å². The van der Waals surface area contributed by atoms with E-state index in [1.165, 1.54) is 24.6 Å². The zero-order valence-electron chi connectivity index (χ0n) is 11.2. The molecule has 0 radical (unpaired) electrons. The molecule has 1 fully saturated rings. The van der Waals surface area contributed by atoms with Gasteiger partial charge in [0.25, 0.3) is 11.6 Å². The minimum absolute atomic E-state index is 0.00731. The molecule has 0 unspecified atom stereocenters. The van der Waals surface area contributed by atoms with Gasteiger partial charge in [-0.3, -0.25) is 14.9 Å². The number of hydrogen-bond acceptors (Lipinski definition) is 3. The fourth-order valence-corrected chi connectivity index (χ4v) is 2.67. The normalized spacial score (nSPS) is 16.4. The second kappa shape index (κ2) is 6.70. The highest BCUT2D eigenvalue weighted by Crippen LogP contribution is 2.26. The molecule has 0 aromatic heterocycles. The molecule has 1 aromatic rings. The summed E-state index contributed by atoms with van der Waals surface area (Å²) in [5.41, 5.74) is 0.247. The van der Waals surface area contributed by atoms with E-state index in [4.69, 9.17) is 11.6 Å². The van der Waals surface area contributed by atoms with Crippen LogP contribution in [0.4, 0.5) is 5.69 Å². The lowest BCUT2D eigenvalue weighted by molar-refractivity contribution is -0.384. The van der Waals surface area contributed by atoms with Crippen molar-refractivity contribution in [3.05, 3.63) is 38.9 Å². The number of nitro groups is 1. The van der Waals surface area contributed by atoms with Crippen LogP contribution in [0, 0.1) is 10.1 Å². The molecule has 1 aromatic carbocycles. The smallest absolute Gasteiger partial charge is 0.287 e. The molecule has 1 heterocycles. The van der Waals surface area contributed by atoms with Crippen molar-refractivity contribution in [2.24, 2.45) is 0 Å². The third kappa shape index (κ3) is 3.48. The molecule has 1 amide bonds. The molecule has 108 valence electrons. The second-order valence-electron chi connectivity index (χ2n) is 4.98. The maximum absolute atomic E-state index is 12.4. The van der Waals surface area contributed by atoms with Gasteiger partial charge in [-0.05, 0) is 25.0 Å². The number of carbonyl (C=O) groups excluding carboxylic acids is 1. The van der Waals surface area contributed by atoms with Crippen molar-refractivity contribution in [1.29, 1.82) is 0 Å². The van der Waals surface area contributed by atoms with Crippen molar-refractivity contribution in [3.8, 4) is 0 Å². The molecule has 0 spiro atoms. The first-order chi connectivity index (χ1) is 9.59. The highest BCUT2D eigenvalue weighted by molar-refractivity contribution is 6.33. The van der Waals surface area contributed by atoms with E-state index in [2.05, 4.69) is 0 Å². The fraction of sp³-hybridized carbons (Fsp3) is 0.500. The molecule has 20 heavy (non-hydrogen) atoms. The molecule has 0 bridgehead atoms.